The molecule has 8 rings (SSSR count). The molecule has 4 heteroatoms. The second-order valence-electron chi connectivity index (χ2n) is 10.3. The Kier molecular flexibility index (Phi) is 11.2. The van der Waals surface area contributed by atoms with Crippen LogP contribution >= 0.6 is 38.5 Å². The molecule has 0 atom stereocenters. The molecule has 0 nitrogen and oxygen atoms in total. The van der Waals surface area contributed by atoms with Crippen molar-refractivity contribution < 1.29 is 0 Å². The summed E-state index contributed by atoms with van der Waals surface area (Å²) in [5, 5.41) is 8.35. The molecule has 0 saturated carbocycles. The lowest BCUT2D eigenvalue weighted by Gasteiger charge is -2.16. The van der Waals surface area contributed by atoms with Crippen LogP contribution in [0.25, 0.3) is 20.2 Å². The molecule has 6 aromatic carbocycles. The van der Waals surface area contributed by atoms with Crippen molar-refractivity contribution >= 4 is 89.1 Å². The topological polar surface area (TPSA) is 0 Å². The zero-order valence-corrected chi connectivity index (χ0v) is 29.5. The highest BCUT2D eigenvalue weighted by atomic mass is 32.1. The van der Waals surface area contributed by atoms with Crippen molar-refractivity contribution in [1.29, 1.82) is 0 Å². The molecule has 0 saturated heterocycles. The molecular formula is C42H36P2S2. The standard InChI is InChI=1S/2C20H15PS.C2H6/c2*1-3-10-17(11-4-1)21(18-12-5-2-6-13-18)20-15-16-9-7-8-14-19(16)22-20;1-2/h2*1-15H;1-2H3. The van der Waals surface area contributed by atoms with E-state index in [1.54, 1.807) is 0 Å². The van der Waals surface area contributed by atoms with E-state index in [1.807, 2.05) is 36.5 Å². The largest absolute Gasteiger partial charge is 0.135 e. The fraction of sp³-hybridized carbons (Fsp3) is 0.0476. The maximum absolute atomic E-state index is 2.37. The van der Waals surface area contributed by atoms with Crippen LogP contribution in [-0.4, -0.2) is 0 Å². The van der Waals surface area contributed by atoms with Crippen LogP contribution in [0.1, 0.15) is 13.8 Å². The highest BCUT2D eigenvalue weighted by molar-refractivity contribution is 7.85. The lowest BCUT2D eigenvalue weighted by molar-refractivity contribution is 1.50. The summed E-state index contributed by atoms with van der Waals surface area (Å²) in [6.45, 7) is 4.00. The Balaban J connectivity index is 0.000000153. The summed E-state index contributed by atoms with van der Waals surface area (Å²) in [4.78, 5) is 0. The lowest BCUT2D eigenvalue weighted by atomic mass is 10.3. The maximum Gasteiger partial charge on any atom is 0.0381 e. The van der Waals surface area contributed by atoms with E-state index in [0.717, 1.165) is 0 Å². The van der Waals surface area contributed by atoms with Gasteiger partial charge in [-0.05, 0) is 72.1 Å². The van der Waals surface area contributed by atoms with Gasteiger partial charge in [0.15, 0.2) is 0 Å². The molecule has 46 heavy (non-hydrogen) atoms. The summed E-state index contributed by atoms with van der Waals surface area (Å²) in [5.41, 5.74) is 0. The third kappa shape index (κ3) is 7.55. The van der Waals surface area contributed by atoms with Gasteiger partial charge in [0.25, 0.3) is 0 Å². The second kappa shape index (κ2) is 16.1. The van der Waals surface area contributed by atoms with Crippen molar-refractivity contribution in [3.05, 3.63) is 182 Å². The number of fused-ring (bicyclic) bond motifs is 2. The lowest BCUT2D eigenvalue weighted by Crippen LogP contribution is -2.18. The van der Waals surface area contributed by atoms with E-state index in [4.69, 9.17) is 0 Å². The molecular weight excluding hydrogens is 631 g/mol. The predicted molar refractivity (Wildman–Crippen MR) is 212 cm³/mol. The highest BCUT2D eigenvalue weighted by Crippen LogP contribution is 2.38. The van der Waals surface area contributed by atoms with Crippen LogP contribution in [0.5, 0.6) is 0 Å². The van der Waals surface area contributed by atoms with Crippen LogP contribution in [0.2, 0.25) is 0 Å². The minimum Gasteiger partial charge on any atom is -0.135 e. The van der Waals surface area contributed by atoms with Crippen molar-refractivity contribution in [2.45, 2.75) is 13.8 Å². The Bertz CT molecular complexity index is 1770. The second-order valence-corrected chi connectivity index (χ2v) is 17.4. The normalized spacial score (nSPS) is 10.8. The van der Waals surface area contributed by atoms with E-state index in [1.165, 1.54) is 50.6 Å². The van der Waals surface area contributed by atoms with Gasteiger partial charge in [0.2, 0.25) is 0 Å². The first-order valence-electron chi connectivity index (χ1n) is 15.6. The van der Waals surface area contributed by atoms with Crippen molar-refractivity contribution in [2.24, 2.45) is 0 Å². The SMILES string of the molecule is CC.c1ccc(P(c2ccccc2)c2cc3ccccc3s2)cc1.c1ccc(P(c2ccccc2)c2cc3ccccc3s2)cc1. The van der Waals surface area contributed by atoms with E-state index >= 15 is 0 Å². The first-order chi connectivity index (χ1) is 22.8. The van der Waals surface area contributed by atoms with Gasteiger partial charge in [-0.2, -0.15) is 0 Å². The Hall–Kier alpha value is -3.90. The minimum atomic E-state index is -0.474. The van der Waals surface area contributed by atoms with E-state index < -0.39 is 15.8 Å². The third-order valence-corrected chi connectivity index (χ3v) is 15.2. The van der Waals surface area contributed by atoms with Gasteiger partial charge >= 0.3 is 0 Å². The summed E-state index contributed by atoms with van der Waals surface area (Å²) in [6, 6.07) is 65.6. The molecule has 0 aliphatic rings. The summed E-state index contributed by atoms with van der Waals surface area (Å²) in [7, 11) is -0.949. The van der Waals surface area contributed by atoms with E-state index in [-0.39, 0.29) is 0 Å². The first-order valence-corrected chi connectivity index (χ1v) is 19.9. The van der Waals surface area contributed by atoms with Gasteiger partial charge in [0.05, 0.1) is 0 Å². The van der Waals surface area contributed by atoms with Crippen molar-refractivity contribution in [3.8, 4) is 0 Å². The Labute approximate surface area is 283 Å². The van der Waals surface area contributed by atoms with Gasteiger partial charge in [-0.15, -0.1) is 22.7 Å². The Morgan fingerprint density at radius 2 is 0.587 bits per heavy atom. The molecule has 8 aromatic rings. The molecule has 0 amide bonds. The molecule has 2 heterocycles. The molecule has 0 radical (unpaired) electrons. The van der Waals surface area contributed by atoms with Crippen LogP contribution in [0.4, 0.5) is 0 Å². The van der Waals surface area contributed by atoms with Crippen molar-refractivity contribution in [1.82, 2.24) is 0 Å². The van der Waals surface area contributed by atoms with Crippen LogP contribution in [0, 0.1) is 0 Å². The van der Waals surface area contributed by atoms with Gasteiger partial charge in [-0.3, -0.25) is 0 Å². The molecule has 0 spiro atoms. The maximum atomic E-state index is 2.37. The van der Waals surface area contributed by atoms with E-state index in [0.29, 0.717) is 0 Å². The smallest absolute Gasteiger partial charge is 0.0381 e. The monoisotopic (exact) mass is 666 g/mol. The summed E-state index contributed by atoms with van der Waals surface area (Å²) in [5.74, 6) is 0. The van der Waals surface area contributed by atoms with Gasteiger partial charge < -0.3 is 0 Å². The molecule has 0 N–H and O–H groups in total. The minimum absolute atomic E-state index is 0.474. The number of thiophene rings is 2. The average Bonchev–Trinajstić information content (AvgIpc) is 3.76. The van der Waals surface area contributed by atoms with Crippen molar-refractivity contribution in [3.63, 3.8) is 0 Å². The number of hydrogen-bond acceptors (Lipinski definition) is 2. The summed E-state index contributed by atoms with van der Waals surface area (Å²) in [6.07, 6.45) is 0. The summed E-state index contributed by atoms with van der Waals surface area (Å²) < 4.78 is 5.68. The van der Waals surface area contributed by atoms with Crippen LogP contribution < -0.4 is 30.5 Å². The molecule has 0 unspecified atom stereocenters. The predicted octanol–water partition coefficient (Wildman–Crippen LogP) is 10.3. The number of rotatable bonds is 6. The van der Waals surface area contributed by atoms with Gasteiger partial charge in [-0.25, -0.2) is 0 Å². The van der Waals surface area contributed by atoms with E-state index in [2.05, 4.69) is 182 Å². The van der Waals surface area contributed by atoms with Crippen LogP contribution in [0.15, 0.2) is 182 Å². The number of hydrogen-bond donors (Lipinski definition) is 0. The van der Waals surface area contributed by atoms with E-state index in [9.17, 15) is 0 Å². The zero-order chi connectivity index (χ0) is 31.6. The quantitative estimate of drug-likeness (QED) is 0.155. The zero-order valence-electron chi connectivity index (χ0n) is 26.0. The fourth-order valence-electron chi connectivity index (χ4n) is 5.27. The number of benzene rings is 6. The van der Waals surface area contributed by atoms with Crippen molar-refractivity contribution in [2.75, 3.05) is 0 Å². The van der Waals surface area contributed by atoms with Gasteiger partial charge in [0.1, 0.15) is 0 Å². The van der Waals surface area contributed by atoms with Gasteiger partial charge in [0, 0.05) is 18.6 Å². The molecule has 0 fully saturated rings. The average molecular weight is 667 g/mol. The van der Waals surface area contributed by atoms with Crippen LogP contribution in [-0.2, 0) is 0 Å². The molecule has 2 aromatic heterocycles. The molecule has 0 aliphatic heterocycles. The Morgan fingerprint density at radius 3 is 0.870 bits per heavy atom. The Morgan fingerprint density at radius 1 is 0.326 bits per heavy atom. The fourth-order valence-corrected chi connectivity index (χ4v) is 13.5. The highest BCUT2D eigenvalue weighted by Gasteiger charge is 2.19. The molecule has 0 aliphatic carbocycles. The third-order valence-electron chi connectivity index (χ3n) is 7.32. The first kappa shape index (κ1) is 32.1. The summed E-state index contributed by atoms with van der Waals surface area (Å²) >= 11 is 3.85. The molecule has 0 bridgehead atoms. The van der Waals surface area contributed by atoms with Crippen LogP contribution in [0.3, 0.4) is 0 Å². The molecule has 226 valence electrons. The van der Waals surface area contributed by atoms with Gasteiger partial charge in [-0.1, -0.05) is 172 Å².